The van der Waals surface area contributed by atoms with Gasteiger partial charge in [0.05, 0.1) is 0 Å². The number of hydrogen-bond donors (Lipinski definition) is 1. The van der Waals surface area contributed by atoms with Gasteiger partial charge in [-0.15, -0.1) is 0 Å². The van der Waals surface area contributed by atoms with E-state index >= 15 is 0 Å². The molecule has 0 aliphatic rings. The van der Waals surface area contributed by atoms with Gasteiger partial charge in [0.25, 0.3) is 0 Å². The number of carbonyl (C=O) groups is 1. The van der Waals surface area contributed by atoms with Crippen molar-refractivity contribution in [2.75, 3.05) is 5.73 Å². The van der Waals surface area contributed by atoms with Crippen molar-refractivity contribution < 1.29 is 4.79 Å². The number of aryl methyl sites for hydroxylation is 1. The van der Waals surface area contributed by atoms with Gasteiger partial charge in [0.1, 0.15) is 6.29 Å². The zero-order valence-corrected chi connectivity index (χ0v) is 8.95. The monoisotopic (exact) mass is 191 g/mol. The number of anilines is 1. The maximum absolute atomic E-state index is 10.9. The SMILES string of the molecule is Cc1ccc(C(C=O)C(C)C)c(N)c1. The first-order valence-electron chi connectivity index (χ1n) is 4.87. The molecule has 0 spiro atoms. The molecule has 0 saturated carbocycles. The average molecular weight is 191 g/mol. The molecule has 0 aliphatic heterocycles. The normalized spacial score (nSPS) is 12.9. The third-order valence-corrected chi connectivity index (χ3v) is 2.47. The van der Waals surface area contributed by atoms with Gasteiger partial charge in [-0.1, -0.05) is 26.0 Å². The lowest BCUT2D eigenvalue weighted by atomic mass is 9.88. The highest BCUT2D eigenvalue weighted by Gasteiger charge is 2.16. The van der Waals surface area contributed by atoms with E-state index in [1.54, 1.807) is 0 Å². The van der Waals surface area contributed by atoms with Crippen molar-refractivity contribution in [1.82, 2.24) is 0 Å². The first-order chi connectivity index (χ1) is 6.56. The van der Waals surface area contributed by atoms with Crippen LogP contribution >= 0.6 is 0 Å². The molecule has 0 fully saturated rings. The van der Waals surface area contributed by atoms with Crippen molar-refractivity contribution in [3.63, 3.8) is 0 Å². The van der Waals surface area contributed by atoms with Gasteiger partial charge in [-0.3, -0.25) is 0 Å². The summed E-state index contributed by atoms with van der Waals surface area (Å²) in [7, 11) is 0. The van der Waals surface area contributed by atoms with E-state index in [1.807, 2.05) is 39.0 Å². The zero-order valence-electron chi connectivity index (χ0n) is 8.95. The maximum Gasteiger partial charge on any atom is 0.127 e. The van der Waals surface area contributed by atoms with Gasteiger partial charge in [0, 0.05) is 11.6 Å². The van der Waals surface area contributed by atoms with Gasteiger partial charge >= 0.3 is 0 Å². The van der Waals surface area contributed by atoms with Crippen molar-refractivity contribution in [3.05, 3.63) is 29.3 Å². The fourth-order valence-corrected chi connectivity index (χ4v) is 1.59. The van der Waals surface area contributed by atoms with Gasteiger partial charge in [0.15, 0.2) is 0 Å². The molecule has 2 heteroatoms. The van der Waals surface area contributed by atoms with E-state index in [9.17, 15) is 4.79 Å². The van der Waals surface area contributed by atoms with Crippen LogP contribution in [0.2, 0.25) is 0 Å². The lowest BCUT2D eigenvalue weighted by Gasteiger charge is -2.16. The maximum atomic E-state index is 10.9. The topological polar surface area (TPSA) is 43.1 Å². The number of aldehydes is 1. The molecule has 1 rings (SSSR count). The van der Waals surface area contributed by atoms with E-state index in [1.165, 1.54) is 0 Å². The summed E-state index contributed by atoms with van der Waals surface area (Å²) in [6, 6.07) is 5.85. The molecule has 0 heterocycles. The fraction of sp³-hybridized carbons (Fsp3) is 0.417. The molecule has 0 radical (unpaired) electrons. The van der Waals surface area contributed by atoms with E-state index in [2.05, 4.69) is 0 Å². The molecule has 14 heavy (non-hydrogen) atoms. The highest BCUT2D eigenvalue weighted by atomic mass is 16.1. The van der Waals surface area contributed by atoms with Gasteiger partial charge < -0.3 is 10.5 Å². The number of hydrogen-bond acceptors (Lipinski definition) is 2. The lowest BCUT2D eigenvalue weighted by molar-refractivity contribution is -0.109. The Hall–Kier alpha value is -1.31. The molecule has 2 nitrogen and oxygen atoms in total. The zero-order chi connectivity index (χ0) is 10.7. The summed E-state index contributed by atoms with van der Waals surface area (Å²) < 4.78 is 0. The van der Waals surface area contributed by atoms with E-state index in [0.717, 1.165) is 23.1 Å². The van der Waals surface area contributed by atoms with E-state index in [-0.39, 0.29) is 11.8 Å². The Bertz CT molecular complexity index is 331. The summed E-state index contributed by atoms with van der Waals surface area (Å²) in [4.78, 5) is 10.9. The predicted molar refractivity (Wildman–Crippen MR) is 59.2 cm³/mol. The number of carbonyl (C=O) groups excluding carboxylic acids is 1. The summed E-state index contributed by atoms with van der Waals surface area (Å²) >= 11 is 0. The Balaban J connectivity index is 3.10. The fourth-order valence-electron chi connectivity index (χ4n) is 1.59. The highest BCUT2D eigenvalue weighted by molar-refractivity contribution is 5.68. The Morgan fingerprint density at radius 3 is 2.43 bits per heavy atom. The Labute approximate surface area is 85.1 Å². The van der Waals surface area contributed by atoms with Crippen LogP contribution in [-0.4, -0.2) is 6.29 Å². The lowest BCUT2D eigenvalue weighted by Crippen LogP contribution is -2.10. The van der Waals surface area contributed by atoms with Crippen molar-refractivity contribution in [1.29, 1.82) is 0 Å². The molecule has 1 aromatic rings. The molecule has 0 aliphatic carbocycles. The van der Waals surface area contributed by atoms with E-state index in [0.29, 0.717) is 0 Å². The Kier molecular flexibility index (Phi) is 3.28. The molecule has 0 aromatic heterocycles. The van der Waals surface area contributed by atoms with Crippen LogP contribution in [0, 0.1) is 12.8 Å². The van der Waals surface area contributed by atoms with Crippen LogP contribution in [0.15, 0.2) is 18.2 Å². The minimum absolute atomic E-state index is 0.0874. The van der Waals surface area contributed by atoms with Crippen molar-refractivity contribution in [2.45, 2.75) is 26.7 Å². The number of nitrogen functional groups attached to an aromatic ring is 1. The minimum atomic E-state index is -0.0874. The first kappa shape index (κ1) is 10.8. The van der Waals surface area contributed by atoms with Crippen LogP contribution in [0.25, 0.3) is 0 Å². The summed E-state index contributed by atoms with van der Waals surface area (Å²) in [5.41, 5.74) is 8.66. The summed E-state index contributed by atoms with van der Waals surface area (Å²) in [5.74, 6) is 0.202. The largest absolute Gasteiger partial charge is 0.398 e. The van der Waals surface area contributed by atoms with Crippen LogP contribution in [0.4, 0.5) is 5.69 Å². The summed E-state index contributed by atoms with van der Waals surface area (Å²) in [6.07, 6.45) is 0.978. The van der Waals surface area contributed by atoms with Gasteiger partial charge in [-0.2, -0.15) is 0 Å². The molecular weight excluding hydrogens is 174 g/mol. The summed E-state index contributed by atoms with van der Waals surface area (Å²) in [5, 5.41) is 0. The van der Waals surface area contributed by atoms with Crippen LogP contribution in [-0.2, 0) is 4.79 Å². The first-order valence-corrected chi connectivity index (χ1v) is 4.87. The molecule has 76 valence electrons. The predicted octanol–water partition coefficient (Wildman–Crippen LogP) is 2.52. The van der Waals surface area contributed by atoms with Gasteiger partial charge in [-0.05, 0) is 30.0 Å². The summed E-state index contributed by atoms with van der Waals surface area (Å²) in [6.45, 7) is 6.04. The van der Waals surface area contributed by atoms with Crippen molar-refractivity contribution >= 4 is 12.0 Å². The number of rotatable bonds is 3. The van der Waals surface area contributed by atoms with Crippen molar-refractivity contribution in [3.8, 4) is 0 Å². The second-order valence-electron chi connectivity index (χ2n) is 4.04. The number of benzene rings is 1. The number of nitrogens with two attached hydrogens (primary N) is 1. The second kappa shape index (κ2) is 4.27. The third-order valence-electron chi connectivity index (χ3n) is 2.47. The third kappa shape index (κ3) is 2.13. The molecule has 1 unspecified atom stereocenters. The second-order valence-corrected chi connectivity index (χ2v) is 4.04. The van der Waals surface area contributed by atoms with Crippen LogP contribution in [0.1, 0.15) is 30.9 Å². The van der Waals surface area contributed by atoms with Crippen molar-refractivity contribution in [2.24, 2.45) is 5.92 Å². The van der Waals surface area contributed by atoms with E-state index < -0.39 is 0 Å². The standard InChI is InChI=1S/C12H17NO/c1-8(2)11(7-14)10-5-4-9(3)6-12(10)13/h4-8,11H,13H2,1-3H3. The molecule has 1 atom stereocenters. The Morgan fingerprint density at radius 2 is 2.00 bits per heavy atom. The molecule has 2 N–H and O–H groups in total. The molecule has 0 amide bonds. The minimum Gasteiger partial charge on any atom is -0.398 e. The molecule has 1 aromatic carbocycles. The van der Waals surface area contributed by atoms with Crippen LogP contribution in [0.5, 0.6) is 0 Å². The van der Waals surface area contributed by atoms with Crippen LogP contribution in [0.3, 0.4) is 0 Å². The van der Waals surface area contributed by atoms with Crippen LogP contribution < -0.4 is 5.73 Å². The smallest absolute Gasteiger partial charge is 0.127 e. The van der Waals surface area contributed by atoms with Gasteiger partial charge in [-0.25, -0.2) is 0 Å². The molecule has 0 saturated heterocycles. The quantitative estimate of drug-likeness (QED) is 0.589. The van der Waals surface area contributed by atoms with E-state index in [4.69, 9.17) is 5.73 Å². The highest BCUT2D eigenvalue weighted by Crippen LogP contribution is 2.27. The molecule has 0 bridgehead atoms. The molecular formula is C12H17NO. The van der Waals surface area contributed by atoms with Gasteiger partial charge in [0.2, 0.25) is 0 Å². The average Bonchev–Trinajstić information content (AvgIpc) is 2.09. The Morgan fingerprint density at radius 1 is 1.36 bits per heavy atom.